The van der Waals surface area contributed by atoms with Gasteiger partial charge in [0.15, 0.2) is 0 Å². The van der Waals surface area contributed by atoms with E-state index in [4.69, 9.17) is 4.74 Å². The fourth-order valence-corrected chi connectivity index (χ4v) is 5.30. The van der Waals surface area contributed by atoms with E-state index >= 15 is 0 Å². The van der Waals surface area contributed by atoms with Crippen LogP contribution in [0.2, 0.25) is 0 Å². The maximum Gasteiger partial charge on any atom is 0.345 e. The summed E-state index contributed by atoms with van der Waals surface area (Å²) >= 11 is 0. The van der Waals surface area contributed by atoms with Crippen molar-refractivity contribution in [2.24, 2.45) is 7.05 Å². The third kappa shape index (κ3) is 3.48. The van der Waals surface area contributed by atoms with Crippen molar-refractivity contribution in [1.82, 2.24) is 18.7 Å². The van der Waals surface area contributed by atoms with E-state index in [2.05, 4.69) is 5.10 Å². The van der Waals surface area contributed by atoms with Gasteiger partial charge in [-0.2, -0.15) is 9.40 Å². The molecule has 1 aliphatic heterocycles. The Morgan fingerprint density at radius 3 is 2.32 bits per heavy atom. The lowest BCUT2D eigenvalue weighted by Gasteiger charge is -2.30. The number of rotatable bonds is 6. The molecule has 1 aromatic carbocycles. The third-order valence-electron chi connectivity index (χ3n) is 5.49. The predicted molar refractivity (Wildman–Crippen MR) is 104 cm³/mol. The summed E-state index contributed by atoms with van der Waals surface area (Å²) < 4.78 is 36.0. The summed E-state index contributed by atoms with van der Waals surface area (Å²) in [5.74, 6) is 1.59. The van der Waals surface area contributed by atoms with Gasteiger partial charge < -0.3 is 4.74 Å². The van der Waals surface area contributed by atoms with Crippen LogP contribution in [0, 0.1) is 0 Å². The molecule has 28 heavy (non-hydrogen) atoms. The van der Waals surface area contributed by atoms with Crippen molar-refractivity contribution in [1.29, 1.82) is 0 Å². The molecule has 0 amide bonds. The highest BCUT2D eigenvalue weighted by molar-refractivity contribution is 7.89. The van der Waals surface area contributed by atoms with Gasteiger partial charge in [-0.05, 0) is 56.9 Å². The molecule has 2 aliphatic rings. The fourth-order valence-electron chi connectivity index (χ4n) is 3.83. The molecule has 0 N–H and O–H groups in total. The second-order valence-electron chi connectivity index (χ2n) is 7.45. The summed E-state index contributed by atoms with van der Waals surface area (Å²) in [6.07, 6.45) is 3.37. The fraction of sp³-hybridized carbons (Fsp3) is 0.579. The number of hydrogen-bond acceptors (Lipinski definition) is 5. The molecule has 2 fully saturated rings. The van der Waals surface area contributed by atoms with Crippen LogP contribution in [0.25, 0.3) is 0 Å². The minimum Gasteiger partial charge on any atom is -0.494 e. The third-order valence-corrected chi connectivity index (χ3v) is 7.40. The Balaban J connectivity index is 1.48. The first kappa shape index (κ1) is 19.2. The van der Waals surface area contributed by atoms with Crippen molar-refractivity contribution >= 4 is 10.0 Å². The molecule has 0 spiro atoms. The van der Waals surface area contributed by atoms with E-state index in [0.29, 0.717) is 38.3 Å². The molecular formula is C19H26N4O4S. The van der Waals surface area contributed by atoms with Gasteiger partial charge in [0.05, 0.1) is 11.5 Å². The van der Waals surface area contributed by atoms with E-state index in [1.54, 1.807) is 31.3 Å². The first-order valence-electron chi connectivity index (χ1n) is 9.80. The Morgan fingerprint density at radius 2 is 1.75 bits per heavy atom. The van der Waals surface area contributed by atoms with Crippen LogP contribution in [-0.2, 0) is 17.1 Å². The zero-order valence-electron chi connectivity index (χ0n) is 16.2. The second kappa shape index (κ2) is 7.36. The Bertz CT molecular complexity index is 998. The van der Waals surface area contributed by atoms with Crippen LogP contribution in [0.15, 0.2) is 34.0 Å². The number of aromatic nitrogens is 3. The van der Waals surface area contributed by atoms with Crippen LogP contribution < -0.4 is 10.4 Å². The lowest BCUT2D eigenvalue weighted by molar-refractivity contribution is 0.308. The molecule has 9 heteroatoms. The monoisotopic (exact) mass is 406 g/mol. The normalized spacial score (nSPS) is 19.1. The van der Waals surface area contributed by atoms with Gasteiger partial charge in [0.1, 0.15) is 11.6 Å². The smallest absolute Gasteiger partial charge is 0.345 e. The molecule has 1 aromatic heterocycles. The van der Waals surface area contributed by atoms with Crippen LogP contribution in [0.3, 0.4) is 0 Å². The number of piperidine rings is 1. The first-order valence-corrected chi connectivity index (χ1v) is 11.2. The summed E-state index contributed by atoms with van der Waals surface area (Å²) in [6, 6.07) is 6.82. The Hall–Kier alpha value is -2.13. The molecule has 0 bridgehead atoms. The van der Waals surface area contributed by atoms with Crippen LogP contribution >= 0.6 is 0 Å². The number of hydrogen-bond donors (Lipinski definition) is 0. The van der Waals surface area contributed by atoms with E-state index in [0.717, 1.165) is 18.7 Å². The average molecular weight is 407 g/mol. The summed E-state index contributed by atoms with van der Waals surface area (Å²) in [5, 5.41) is 4.45. The Labute approximate surface area is 164 Å². The quantitative estimate of drug-likeness (QED) is 0.731. The molecule has 1 aliphatic carbocycles. The van der Waals surface area contributed by atoms with Crippen LogP contribution in [0.4, 0.5) is 0 Å². The molecule has 0 atom stereocenters. The lowest BCUT2D eigenvalue weighted by Crippen LogP contribution is -2.38. The van der Waals surface area contributed by atoms with Gasteiger partial charge in [0.2, 0.25) is 10.0 Å². The van der Waals surface area contributed by atoms with Crippen LogP contribution in [0.1, 0.15) is 50.4 Å². The minimum atomic E-state index is -3.53. The first-order chi connectivity index (χ1) is 13.4. The van der Waals surface area contributed by atoms with Gasteiger partial charge in [-0.3, -0.25) is 4.57 Å². The van der Waals surface area contributed by atoms with Gasteiger partial charge in [0.25, 0.3) is 0 Å². The van der Waals surface area contributed by atoms with Gasteiger partial charge in [-0.1, -0.05) is 0 Å². The largest absolute Gasteiger partial charge is 0.494 e. The molecule has 152 valence electrons. The van der Waals surface area contributed by atoms with E-state index in [1.165, 1.54) is 8.99 Å². The van der Waals surface area contributed by atoms with Gasteiger partial charge in [-0.15, -0.1) is 0 Å². The summed E-state index contributed by atoms with van der Waals surface area (Å²) in [4.78, 5) is 12.6. The molecule has 0 unspecified atom stereocenters. The molecule has 0 radical (unpaired) electrons. The van der Waals surface area contributed by atoms with Crippen LogP contribution in [0.5, 0.6) is 5.75 Å². The Morgan fingerprint density at radius 1 is 1.11 bits per heavy atom. The summed E-state index contributed by atoms with van der Waals surface area (Å²) in [5.41, 5.74) is -0.0676. The molecule has 2 heterocycles. The van der Waals surface area contributed by atoms with E-state index in [-0.39, 0.29) is 22.5 Å². The van der Waals surface area contributed by atoms with E-state index in [9.17, 15) is 13.2 Å². The zero-order valence-corrected chi connectivity index (χ0v) is 17.1. The number of aryl methyl sites for hydroxylation is 1. The van der Waals surface area contributed by atoms with Gasteiger partial charge >= 0.3 is 5.69 Å². The number of nitrogens with zero attached hydrogens (tertiary/aromatic N) is 4. The van der Waals surface area contributed by atoms with Crippen molar-refractivity contribution in [2.75, 3.05) is 19.7 Å². The zero-order chi connectivity index (χ0) is 19.9. The topological polar surface area (TPSA) is 86.4 Å². The summed E-state index contributed by atoms with van der Waals surface area (Å²) in [7, 11) is -1.86. The van der Waals surface area contributed by atoms with Crippen molar-refractivity contribution in [3.63, 3.8) is 0 Å². The van der Waals surface area contributed by atoms with Gasteiger partial charge in [-0.25, -0.2) is 17.9 Å². The number of sulfonamides is 1. The van der Waals surface area contributed by atoms with Crippen molar-refractivity contribution in [3.05, 3.63) is 40.6 Å². The highest BCUT2D eigenvalue weighted by atomic mass is 32.2. The van der Waals surface area contributed by atoms with E-state index in [1.807, 2.05) is 11.5 Å². The molecule has 1 saturated carbocycles. The van der Waals surface area contributed by atoms with E-state index < -0.39 is 10.0 Å². The highest BCUT2D eigenvalue weighted by Gasteiger charge is 2.36. The summed E-state index contributed by atoms with van der Waals surface area (Å²) in [6.45, 7) is 3.28. The number of benzene rings is 1. The van der Waals surface area contributed by atoms with Gasteiger partial charge in [0, 0.05) is 32.1 Å². The van der Waals surface area contributed by atoms with Crippen molar-refractivity contribution in [3.8, 4) is 5.75 Å². The maximum absolute atomic E-state index is 13.0. The van der Waals surface area contributed by atoms with Crippen LogP contribution in [-0.4, -0.2) is 46.8 Å². The highest BCUT2D eigenvalue weighted by Crippen LogP contribution is 2.38. The molecule has 8 nitrogen and oxygen atoms in total. The standard InChI is InChI=1S/C19H26N4O4S/c1-3-27-16-6-8-17(9-7-16)28(25,26)22-12-10-14(11-13-22)18-20-21(2)19(24)23(18)15-4-5-15/h6-9,14-15H,3-5,10-13H2,1-2H3. The van der Waals surface area contributed by atoms with Crippen molar-refractivity contribution in [2.45, 2.75) is 49.5 Å². The lowest BCUT2D eigenvalue weighted by atomic mass is 9.97. The molecule has 4 rings (SSSR count). The molecular weight excluding hydrogens is 380 g/mol. The Kier molecular flexibility index (Phi) is 5.05. The van der Waals surface area contributed by atoms with Crippen molar-refractivity contribution < 1.29 is 13.2 Å². The molecule has 1 saturated heterocycles. The second-order valence-corrected chi connectivity index (χ2v) is 9.39. The predicted octanol–water partition coefficient (Wildman–Crippen LogP) is 1.88. The number of ether oxygens (including phenoxy) is 1. The minimum absolute atomic E-state index is 0.0676. The average Bonchev–Trinajstić information content (AvgIpc) is 3.48. The molecule has 2 aromatic rings. The maximum atomic E-state index is 13.0. The SMILES string of the molecule is CCOc1ccc(S(=O)(=O)N2CCC(c3nn(C)c(=O)n3C3CC3)CC2)cc1.